The Kier molecular flexibility index (Phi) is 5.16. The zero-order chi connectivity index (χ0) is 17.6. The summed E-state index contributed by atoms with van der Waals surface area (Å²) < 4.78 is 10.7. The third-order valence-electron chi connectivity index (χ3n) is 3.79. The van der Waals surface area contributed by atoms with Gasteiger partial charge in [0.05, 0.1) is 13.2 Å². The first-order valence-electron chi connectivity index (χ1n) is 7.92. The number of fused-ring (bicyclic) bond motifs is 1. The molecular weight excluding hydrogens is 318 g/mol. The minimum Gasteiger partial charge on any atom is -0.497 e. The van der Waals surface area contributed by atoms with E-state index in [0.29, 0.717) is 17.1 Å². The lowest BCUT2D eigenvalue weighted by Crippen LogP contribution is -2.26. The van der Waals surface area contributed by atoms with Crippen LogP contribution in [0, 0.1) is 0 Å². The van der Waals surface area contributed by atoms with Crippen LogP contribution in [-0.4, -0.2) is 24.7 Å². The van der Waals surface area contributed by atoms with E-state index in [1.807, 2.05) is 30.3 Å². The largest absolute Gasteiger partial charge is 0.497 e. The van der Waals surface area contributed by atoms with Crippen LogP contribution in [0.3, 0.4) is 0 Å². The summed E-state index contributed by atoms with van der Waals surface area (Å²) in [5, 5.41) is 13.8. The molecule has 2 aromatic carbocycles. The molecule has 0 bridgehead atoms. The molecule has 0 radical (unpaired) electrons. The third kappa shape index (κ3) is 4.28. The molecule has 1 heterocycles. The molecule has 0 spiro atoms. The highest BCUT2D eigenvalue weighted by Gasteiger charge is 2.09. The summed E-state index contributed by atoms with van der Waals surface area (Å²) >= 11 is 0. The number of carbonyl (C=O) groups is 1. The molecule has 5 nitrogen and oxygen atoms in total. The fourth-order valence-corrected chi connectivity index (χ4v) is 2.47. The van der Waals surface area contributed by atoms with E-state index in [1.54, 1.807) is 37.5 Å². The van der Waals surface area contributed by atoms with Crippen LogP contribution in [0.5, 0.6) is 5.75 Å². The number of rotatable bonds is 6. The molecule has 2 N–H and O–H groups in total. The lowest BCUT2D eigenvalue weighted by molar-refractivity contribution is -0.116. The van der Waals surface area contributed by atoms with Crippen molar-refractivity contribution in [3.8, 4) is 5.75 Å². The van der Waals surface area contributed by atoms with Crippen LogP contribution in [0.1, 0.15) is 17.4 Å². The second kappa shape index (κ2) is 7.68. The number of nitrogens with one attached hydrogen (secondary N) is 1. The fourth-order valence-electron chi connectivity index (χ4n) is 2.47. The van der Waals surface area contributed by atoms with Crippen molar-refractivity contribution in [3.05, 3.63) is 72.0 Å². The quantitative estimate of drug-likeness (QED) is 0.677. The Morgan fingerprint density at radius 2 is 2.08 bits per heavy atom. The molecule has 3 aromatic rings. The van der Waals surface area contributed by atoms with E-state index in [4.69, 9.17) is 9.15 Å². The molecule has 1 atom stereocenters. The second-order valence-electron chi connectivity index (χ2n) is 5.56. The van der Waals surface area contributed by atoms with E-state index in [1.165, 1.54) is 6.08 Å². The number of carbonyl (C=O) groups excluding carboxylic acids is 1. The van der Waals surface area contributed by atoms with Crippen molar-refractivity contribution in [2.75, 3.05) is 13.7 Å². The molecule has 1 amide bonds. The van der Waals surface area contributed by atoms with Crippen molar-refractivity contribution in [2.45, 2.75) is 6.10 Å². The minimum atomic E-state index is -0.807. The first-order valence-corrected chi connectivity index (χ1v) is 7.92. The van der Waals surface area contributed by atoms with Crippen molar-refractivity contribution in [2.24, 2.45) is 0 Å². The van der Waals surface area contributed by atoms with Crippen LogP contribution in [0.2, 0.25) is 0 Å². The Balaban J connectivity index is 1.56. The number of aliphatic hydroxyl groups excluding tert-OH is 1. The van der Waals surface area contributed by atoms with Gasteiger partial charge in [0.25, 0.3) is 0 Å². The van der Waals surface area contributed by atoms with Gasteiger partial charge in [0.1, 0.15) is 17.1 Å². The monoisotopic (exact) mass is 337 g/mol. The average Bonchev–Trinajstić information content (AvgIpc) is 3.07. The van der Waals surface area contributed by atoms with Crippen LogP contribution in [0.25, 0.3) is 17.0 Å². The van der Waals surface area contributed by atoms with Crippen LogP contribution in [-0.2, 0) is 4.79 Å². The second-order valence-corrected chi connectivity index (χ2v) is 5.56. The molecule has 1 unspecified atom stereocenters. The summed E-state index contributed by atoms with van der Waals surface area (Å²) in [7, 11) is 1.57. The Labute approximate surface area is 145 Å². The molecular formula is C20H19NO4. The Bertz CT molecular complexity index is 864. The van der Waals surface area contributed by atoms with Gasteiger partial charge in [0.2, 0.25) is 5.91 Å². The molecule has 0 fully saturated rings. The van der Waals surface area contributed by atoms with E-state index in [2.05, 4.69) is 5.32 Å². The molecule has 0 aliphatic rings. The van der Waals surface area contributed by atoms with Crippen LogP contribution in [0.4, 0.5) is 0 Å². The summed E-state index contributed by atoms with van der Waals surface area (Å²) in [6.07, 6.45) is 2.18. The Hall–Kier alpha value is -3.05. The summed E-state index contributed by atoms with van der Waals surface area (Å²) in [5.41, 5.74) is 1.46. The molecule has 25 heavy (non-hydrogen) atoms. The molecule has 0 aliphatic heterocycles. The van der Waals surface area contributed by atoms with Gasteiger partial charge in [0, 0.05) is 18.0 Å². The average molecular weight is 337 g/mol. The number of methoxy groups -OCH3 is 1. The first-order chi connectivity index (χ1) is 12.2. The number of furan rings is 1. The summed E-state index contributed by atoms with van der Waals surface area (Å²) in [5.74, 6) is 0.958. The zero-order valence-electron chi connectivity index (χ0n) is 13.8. The van der Waals surface area contributed by atoms with E-state index in [9.17, 15) is 9.90 Å². The van der Waals surface area contributed by atoms with Crippen molar-refractivity contribution in [1.29, 1.82) is 0 Å². The summed E-state index contributed by atoms with van der Waals surface area (Å²) in [6, 6.07) is 16.6. The van der Waals surface area contributed by atoms with Gasteiger partial charge in [0.15, 0.2) is 0 Å². The Morgan fingerprint density at radius 3 is 2.88 bits per heavy atom. The summed E-state index contributed by atoms with van der Waals surface area (Å²) in [4.78, 5) is 11.9. The number of benzene rings is 2. The topological polar surface area (TPSA) is 71.7 Å². The normalized spacial score (nSPS) is 12.4. The van der Waals surface area contributed by atoms with E-state index in [0.717, 1.165) is 11.0 Å². The van der Waals surface area contributed by atoms with Gasteiger partial charge < -0.3 is 19.6 Å². The van der Waals surface area contributed by atoms with Gasteiger partial charge in [-0.2, -0.15) is 0 Å². The van der Waals surface area contributed by atoms with Gasteiger partial charge in [-0.05, 0) is 35.9 Å². The number of aliphatic hydroxyl groups is 1. The van der Waals surface area contributed by atoms with Crippen molar-refractivity contribution >= 4 is 23.0 Å². The highest BCUT2D eigenvalue weighted by molar-refractivity contribution is 5.92. The highest BCUT2D eigenvalue weighted by Crippen LogP contribution is 2.20. The Morgan fingerprint density at radius 1 is 1.24 bits per heavy atom. The molecule has 3 rings (SSSR count). The molecule has 1 aromatic heterocycles. The number of para-hydroxylation sites is 1. The van der Waals surface area contributed by atoms with E-state index < -0.39 is 6.10 Å². The standard InChI is InChI=1S/C20H19NO4/c1-24-16-7-4-6-14(11-16)18(22)13-21-20(23)10-9-17-12-15-5-2-3-8-19(15)25-17/h2-12,18,22H,13H2,1H3,(H,21,23)/b10-9+. The smallest absolute Gasteiger partial charge is 0.244 e. The molecule has 0 aliphatic carbocycles. The maximum absolute atomic E-state index is 11.9. The number of hydrogen-bond acceptors (Lipinski definition) is 4. The zero-order valence-corrected chi connectivity index (χ0v) is 13.8. The van der Waals surface area contributed by atoms with E-state index >= 15 is 0 Å². The van der Waals surface area contributed by atoms with Gasteiger partial charge in [-0.15, -0.1) is 0 Å². The predicted octanol–water partition coefficient (Wildman–Crippen LogP) is 3.30. The van der Waals surface area contributed by atoms with E-state index in [-0.39, 0.29) is 12.5 Å². The number of amides is 1. The van der Waals surface area contributed by atoms with Crippen LogP contribution >= 0.6 is 0 Å². The van der Waals surface area contributed by atoms with Crippen molar-refractivity contribution in [1.82, 2.24) is 5.32 Å². The predicted molar refractivity (Wildman–Crippen MR) is 96.2 cm³/mol. The molecule has 0 saturated heterocycles. The van der Waals surface area contributed by atoms with Crippen LogP contribution in [0.15, 0.2) is 65.1 Å². The van der Waals surface area contributed by atoms with Crippen molar-refractivity contribution in [3.63, 3.8) is 0 Å². The molecule has 0 saturated carbocycles. The van der Waals surface area contributed by atoms with Gasteiger partial charge >= 0.3 is 0 Å². The maximum atomic E-state index is 11.9. The summed E-state index contributed by atoms with van der Waals surface area (Å²) in [6.45, 7) is 0.108. The lowest BCUT2D eigenvalue weighted by atomic mass is 10.1. The maximum Gasteiger partial charge on any atom is 0.244 e. The SMILES string of the molecule is COc1cccc(C(O)CNC(=O)/C=C/c2cc3ccccc3o2)c1. The first kappa shape index (κ1) is 16.8. The molecule has 5 heteroatoms. The van der Waals surface area contributed by atoms with Crippen molar-refractivity contribution < 1.29 is 19.1 Å². The molecule has 128 valence electrons. The van der Waals surface area contributed by atoms with Gasteiger partial charge in [-0.3, -0.25) is 4.79 Å². The van der Waals surface area contributed by atoms with Crippen LogP contribution < -0.4 is 10.1 Å². The number of ether oxygens (including phenoxy) is 1. The minimum absolute atomic E-state index is 0.108. The highest BCUT2D eigenvalue weighted by atomic mass is 16.5. The fraction of sp³-hybridized carbons (Fsp3) is 0.150. The third-order valence-corrected chi connectivity index (χ3v) is 3.79. The van der Waals surface area contributed by atoms with Gasteiger partial charge in [-0.1, -0.05) is 30.3 Å². The lowest BCUT2D eigenvalue weighted by Gasteiger charge is -2.12. The number of hydrogen-bond donors (Lipinski definition) is 2. The van der Waals surface area contributed by atoms with Gasteiger partial charge in [-0.25, -0.2) is 0 Å².